The molecule has 72 valence electrons. The first-order chi connectivity index (χ1) is 6.13. The maximum atomic E-state index is 12.9. The summed E-state index contributed by atoms with van der Waals surface area (Å²) in [6.07, 6.45) is 0. The van der Waals surface area contributed by atoms with Crippen LogP contribution in [-0.4, -0.2) is 6.61 Å². The lowest BCUT2D eigenvalue weighted by atomic mass is 10.2. The van der Waals surface area contributed by atoms with E-state index in [-0.39, 0.29) is 11.5 Å². The lowest BCUT2D eigenvalue weighted by molar-refractivity contribution is -0.0500. The summed E-state index contributed by atoms with van der Waals surface area (Å²) in [5.74, 6) is -0.549. The molecule has 1 aromatic rings. The third-order valence-electron chi connectivity index (χ3n) is 1.42. The van der Waals surface area contributed by atoms with Gasteiger partial charge in [0.05, 0.1) is 0 Å². The number of rotatable bonds is 3. The van der Waals surface area contributed by atoms with Gasteiger partial charge in [0.25, 0.3) is 0 Å². The van der Waals surface area contributed by atoms with Crippen molar-refractivity contribution in [1.29, 1.82) is 0 Å². The first kappa shape index (κ1) is 10.2. The normalized spacial score (nSPS) is 10.5. The fraction of sp³-hybridized carbons (Fsp3) is 0.250. The standard InChI is InChI=1S/C8H7F3OS/c9-7-3-6(12-8(10)11)2-1-5(7)4-13/h1-3,8,13H,4H2. The van der Waals surface area contributed by atoms with Crippen LogP contribution in [0, 0.1) is 5.82 Å². The number of alkyl halides is 2. The fourth-order valence-electron chi connectivity index (χ4n) is 0.832. The molecule has 0 spiro atoms. The molecule has 0 aliphatic rings. The van der Waals surface area contributed by atoms with Crippen molar-refractivity contribution in [3.05, 3.63) is 29.6 Å². The lowest BCUT2D eigenvalue weighted by Crippen LogP contribution is -2.02. The van der Waals surface area contributed by atoms with Gasteiger partial charge in [-0.1, -0.05) is 6.07 Å². The molecule has 0 heterocycles. The summed E-state index contributed by atoms with van der Waals surface area (Å²) < 4.78 is 40.3. The zero-order chi connectivity index (χ0) is 9.84. The van der Waals surface area contributed by atoms with Crippen LogP contribution in [0.15, 0.2) is 18.2 Å². The Labute approximate surface area is 78.9 Å². The first-order valence-electron chi connectivity index (χ1n) is 3.47. The van der Waals surface area contributed by atoms with E-state index in [1.165, 1.54) is 12.1 Å². The lowest BCUT2D eigenvalue weighted by Gasteiger charge is -2.05. The van der Waals surface area contributed by atoms with E-state index < -0.39 is 12.4 Å². The molecule has 0 unspecified atom stereocenters. The molecular weight excluding hydrogens is 201 g/mol. The van der Waals surface area contributed by atoms with Crippen LogP contribution < -0.4 is 4.74 Å². The molecule has 0 radical (unpaired) electrons. The number of thiol groups is 1. The summed E-state index contributed by atoms with van der Waals surface area (Å²) in [4.78, 5) is 0. The molecule has 1 aromatic carbocycles. The highest BCUT2D eigenvalue weighted by molar-refractivity contribution is 7.79. The van der Waals surface area contributed by atoms with E-state index in [2.05, 4.69) is 17.4 Å². The van der Waals surface area contributed by atoms with Crippen molar-refractivity contribution in [2.45, 2.75) is 12.4 Å². The predicted octanol–water partition coefficient (Wildman–Crippen LogP) is 2.86. The second-order valence-electron chi connectivity index (χ2n) is 2.29. The van der Waals surface area contributed by atoms with E-state index >= 15 is 0 Å². The molecule has 1 nitrogen and oxygen atoms in total. The highest BCUT2D eigenvalue weighted by Crippen LogP contribution is 2.19. The summed E-state index contributed by atoms with van der Waals surface area (Å²) in [5.41, 5.74) is 0.352. The maximum absolute atomic E-state index is 12.9. The van der Waals surface area contributed by atoms with Crippen molar-refractivity contribution >= 4 is 12.6 Å². The number of hydrogen-bond acceptors (Lipinski definition) is 2. The SMILES string of the molecule is Fc1cc(OC(F)F)ccc1CS. The highest BCUT2D eigenvalue weighted by atomic mass is 32.1. The predicted molar refractivity (Wildman–Crippen MR) is 45.7 cm³/mol. The van der Waals surface area contributed by atoms with Crippen LogP contribution in [0.1, 0.15) is 5.56 Å². The molecule has 0 fully saturated rings. The molecule has 1 rings (SSSR count). The number of halogens is 3. The molecule has 5 heteroatoms. The number of hydrogen-bond donors (Lipinski definition) is 1. The van der Waals surface area contributed by atoms with E-state index in [4.69, 9.17) is 0 Å². The van der Waals surface area contributed by atoms with E-state index in [9.17, 15) is 13.2 Å². The number of benzene rings is 1. The second-order valence-corrected chi connectivity index (χ2v) is 2.61. The molecule has 0 aliphatic heterocycles. The van der Waals surface area contributed by atoms with Crippen molar-refractivity contribution in [3.63, 3.8) is 0 Å². The smallest absolute Gasteiger partial charge is 0.387 e. The molecule has 0 aromatic heterocycles. The molecular formula is C8H7F3OS. The largest absolute Gasteiger partial charge is 0.435 e. The minimum absolute atomic E-state index is 0.182. The van der Waals surface area contributed by atoms with Crippen LogP contribution in [0.5, 0.6) is 5.75 Å². The summed E-state index contributed by atoms with van der Waals surface area (Å²) in [6.45, 7) is -2.93. The Hall–Kier alpha value is -0.840. The molecule has 0 N–H and O–H groups in total. The zero-order valence-electron chi connectivity index (χ0n) is 6.51. The van der Waals surface area contributed by atoms with Gasteiger partial charge in [0.1, 0.15) is 11.6 Å². The van der Waals surface area contributed by atoms with E-state index in [1.54, 1.807) is 0 Å². The van der Waals surface area contributed by atoms with Gasteiger partial charge in [-0.2, -0.15) is 21.4 Å². The van der Waals surface area contributed by atoms with Crippen LogP contribution in [-0.2, 0) is 5.75 Å². The Morgan fingerprint density at radius 3 is 2.54 bits per heavy atom. The average Bonchev–Trinajstić information content (AvgIpc) is 2.03. The van der Waals surface area contributed by atoms with E-state index in [0.717, 1.165) is 6.07 Å². The van der Waals surface area contributed by atoms with Crippen LogP contribution in [0.4, 0.5) is 13.2 Å². The minimum atomic E-state index is -2.93. The van der Waals surface area contributed by atoms with Crippen molar-refractivity contribution in [2.75, 3.05) is 0 Å². The van der Waals surface area contributed by atoms with Crippen molar-refractivity contribution in [3.8, 4) is 5.75 Å². The summed E-state index contributed by atoms with van der Waals surface area (Å²) in [7, 11) is 0. The van der Waals surface area contributed by atoms with Gasteiger partial charge >= 0.3 is 6.61 Å². The van der Waals surface area contributed by atoms with Gasteiger partial charge in [0, 0.05) is 11.8 Å². The maximum Gasteiger partial charge on any atom is 0.387 e. The Balaban J connectivity index is 2.83. The summed E-state index contributed by atoms with van der Waals surface area (Å²) in [5, 5.41) is 0. The van der Waals surface area contributed by atoms with Gasteiger partial charge in [-0.25, -0.2) is 4.39 Å². The Morgan fingerprint density at radius 2 is 2.08 bits per heavy atom. The average molecular weight is 208 g/mol. The first-order valence-corrected chi connectivity index (χ1v) is 4.11. The Bertz CT molecular complexity index is 291. The topological polar surface area (TPSA) is 9.23 Å². The second kappa shape index (κ2) is 4.41. The molecule has 0 bridgehead atoms. The Kier molecular flexibility index (Phi) is 3.48. The molecule has 0 saturated heterocycles. The summed E-state index contributed by atoms with van der Waals surface area (Å²) in [6, 6.07) is 3.55. The fourth-order valence-corrected chi connectivity index (χ4v) is 1.09. The van der Waals surface area contributed by atoms with Crippen molar-refractivity contribution in [2.24, 2.45) is 0 Å². The van der Waals surface area contributed by atoms with Crippen LogP contribution in [0.25, 0.3) is 0 Å². The highest BCUT2D eigenvalue weighted by Gasteiger charge is 2.07. The molecule has 0 amide bonds. The monoisotopic (exact) mass is 208 g/mol. The van der Waals surface area contributed by atoms with Crippen molar-refractivity contribution in [1.82, 2.24) is 0 Å². The molecule has 0 saturated carbocycles. The molecule has 13 heavy (non-hydrogen) atoms. The van der Waals surface area contributed by atoms with Crippen LogP contribution in [0.3, 0.4) is 0 Å². The van der Waals surface area contributed by atoms with Gasteiger partial charge in [0.15, 0.2) is 0 Å². The van der Waals surface area contributed by atoms with Gasteiger partial charge < -0.3 is 4.74 Å². The van der Waals surface area contributed by atoms with Crippen LogP contribution in [0.2, 0.25) is 0 Å². The van der Waals surface area contributed by atoms with E-state index in [0.29, 0.717) is 5.56 Å². The van der Waals surface area contributed by atoms with Gasteiger partial charge in [-0.15, -0.1) is 0 Å². The molecule has 0 atom stereocenters. The quantitative estimate of drug-likeness (QED) is 0.751. The van der Waals surface area contributed by atoms with Gasteiger partial charge in [0.2, 0.25) is 0 Å². The minimum Gasteiger partial charge on any atom is -0.435 e. The summed E-state index contributed by atoms with van der Waals surface area (Å²) >= 11 is 3.85. The third-order valence-corrected chi connectivity index (χ3v) is 1.76. The number of ether oxygens (including phenoxy) is 1. The third kappa shape index (κ3) is 2.84. The van der Waals surface area contributed by atoms with Crippen molar-refractivity contribution < 1.29 is 17.9 Å². The van der Waals surface area contributed by atoms with Gasteiger partial charge in [-0.05, 0) is 11.6 Å². The van der Waals surface area contributed by atoms with E-state index in [1.807, 2.05) is 0 Å². The van der Waals surface area contributed by atoms with Crippen LogP contribution >= 0.6 is 12.6 Å². The van der Waals surface area contributed by atoms with Gasteiger partial charge in [-0.3, -0.25) is 0 Å². The molecule has 0 aliphatic carbocycles. The Morgan fingerprint density at radius 1 is 1.38 bits per heavy atom. The zero-order valence-corrected chi connectivity index (χ0v) is 7.40.